The quantitative estimate of drug-likeness (QED) is 0.366. The van der Waals surface area contributed by atoms with Crippen molar-refractivity contribution in [3.63, 3.8) is 0 Å². The van der Waals surface area contributed by atoms with E-state index in [1.807, 2.05) is 6.08 Å². The number of allylic oxidation sites excluding steroid dienone is 1. The molecule has 19 heavy (non-hydrogen) atoms. The van der Waals surface area contributed by atoms with Gasteiger partial charge in [0.25, 0.3) is 0 Å². The summed E-state index contributed by atoms with van der Waals surface area (Å²) < 4.78 is 10.00. The third-order valence-electron chi connectivity index (χ3n) is 3.77. The molecule has 0 radical (unpaired) electrons. The summed E-state index contributed by atoms with van der Waals surface area (Å²) in [7, 11) is 0. The van der Waals surface area contributed by atoms with Crippen LogP contribution < -0.4 is 0 Å². The van der Waals surface area contributed by atoms with Gasteiger partial charge in [-0.3, -0.25) is 9.59 Å². The Bertz CT molecular complexity index is 337. The summed E-state index contributed by atoms with van der Waals surface area (Å²) in [6.45, 7) is 7.69. The van der Waals surface area contributed by atoms with E-state index in [1.54, 1.807) is 0 Å². The molecule has 0 aliphatic heterocycles. The Labute approximate surface area is 115 Å². The molecule has 1 fully saturated rings. The van der Waals surface area contributed by atoms with Crippen LogP contribution in [0.5, 0.6) is 0 Å². The first-order valence-electron chi connectivity index (χ1n) is 6.88. The molecule has 1 aliphatic rings. The highest BCUT2D eigenvalue weighted by Gasteiger charge is 2.52. The van der Waals surface area contributed by atoms with Crippen molar-refractivity contribution in [2.45, 2.75) is 46.0 Å². The molecular weight excluding hydrogens is 244 g/mol. The van der Waals surface area contributed by atoms with Crippen LogP contribution in [0, 0.1) is 11.3 Å². The summed E-state index contributed by atoms with van der Waals surface area (Å²) in [5, 5.41) is 0. The van der Waals surface area contributed by atoms with Crippen LogP contribution in [0.4, 0.5) is 0 Å². The molecule has 1 aliphatic carbocycles. The summed E-state index contributed by atoms with van der Waals surface area (Å²) in [6.07, 6.45) is 6.99. The van der Waals surface area contributed by atoms with Gasteiger partial charge in [-0.25, -0.2) is 0 Å². The van der Waals surface area contributed by atoms with Crippen molar-refractivity contribution < 1.29 is 19.1 Å². The van der Waals surface area contributed by atoms with Gasteiger partial charge in [-0.1, -0.05) is 6.08 Å². The van der Waals surface area contributed by atoms with Crippen molar-refractivity contribution >= 4 is 11.9 Å². The van der Waals surface area contributed by atoms with Gasteiger partial charge in [0, 0.05) is 13.8 Å². The predicted molar refractivity (Wildman–Crippen MR) is 72.5 cm³/mol. The molecule has 4 heteroatoms. The molecule has 108 valence electrons. The van der Waals surface area contributed by atoms with E-state index >= 15 is 0 Å². The molecule has 0 heterocycles. The van der Waals surface area contributed by atoms with E-state index in [-0.39, 0.29) is 17.4 Å². The van der Waals surface area contributed by atoms with Crippen molar-refractivity contribution in [2.75, 3.05) is 13.2 Å². The number of hydrogen-bond donors (Lipinski definition) is 0. The lowest BCUT2D eigenvalue weighted by atomic mass is 9.92. The van der Waals surface area contributed by atoms with Gasteiger partial charge in [0.15, 0.2) is 0 Å². The van der Waals surface area contributed by atoms with E-state index in [4.69, 9.17) is 9.47 Å². The van der Waals surface area contributed by atoms with E-state index in [0.29, 0.717) is 19.1 Å². The predicted octanol–water partition coefficient (Wildman–Crippen LogP) is 2.87. The van der Waals surface area contributed by atoms with Crippen molar-refractivity contribution in [1.82, 2.24) is 0 Å². The first-order valence-corrected chi connectivity index (χ1v) is 6.88. The van der Waals surface area contributed by atoms with E-state index < -0.39 is 0 Å². The monoisotopic (exact) mass is 268 g/mol. The molecule has 2 atom stereocenters. The second-order valence-corrected chi connectivity index (χ2v) is 5.36. The van der Waals surface area contributed by atoms with Crippen LogP contribution in [-0.4, -0.2) is 25.2 Å². The van der Waals surface area contributed by atoms with E-state index in [2.05, 4.69) is 6.58 Å². The fourth-order valence-electron chi connectivity index (χ4n) is 2.63. The van der Waals surface area contributed by atoms with Gasteiger partial charge in [0.2, 0.25) is 0 Å². The van der Waals surface area contributed by atoms with E-state index in [0.717, 1.165) is 32.1 Å². The second-order valence-electron chi connectivity index (χ2n) is 5.36. The van der Waals surface area contributed by atoms with Gasteiger partial charge in [-0.2, -0.15) is 0 Å². The molecule has 0 unspecified atom stereocenters. The van der Waals surface area contributed by atoms with Gasteiger partial charge in [0.05, 0.1) is 13.2 Å². The van der Waals surface area contributed by atoms with Gasteiger partial charge in [-0.15, -0.1) is 6.58 Å². The van der Waals surface area contributed by atoms with Crippen LogP contribution in [0.25, 0.3) is 0 Å². The normalized spacial score (nSPS) is 24.6. The zero-order valence-electron chi connectivity index (χ0n) is 11.9. The lowest BCUT2D eigenvalue weighted by molar-refractivity contribution is -0.142. The maximum Gasteiger partial charge on any atom is 0.302 e. The van der Waals surface area contributed by atoms with Gasteiger partial charge in [-0.05, 0) is 43.4 Å². The lowest BCUT2D eigenvalue weighted by Crippen LogP contribution is -2.10. The first-order chi connectivity index (χ1) is 9.00. The van der Waals surface area contributed by atoms with E-state index in [9.17, 15) is 9.59 Å². The first kappa shape index (κ1) is 15.7. The molecule has 1 saturated carbocycles. The Morgan fingerprint density at radius 1 is 1.26 bits per heavy atom. The molecule has 0 aromatic heterocycles. The summed E-state index contributed by atoms with van der Waals surface area (Å²) in [6, 6.07) is 0. The molecule has 4 nitrogen and oxygen atoms in total. The Kier molecular flexibility index (Phi) is 6.06. The van der Waals surface area contributed by atoms with Crippen LogP contribution in [0.15, 0.2) is 12.7 Å². The maximum absolute atomic E-state index is 10.8. The van der Waals surface area contributed by atoms with Gasteiger partial charge < -0.3 is 9.47 Å². The average molecular weight is 268 g/mol. The summed E-state index contributed by atoms with van der Waals surface area (Å²) >= 11 is 0. The Hall–Kier alpha value is -1.32. The number of unbranched alkanes of at least 4 members (excludes halogenated alkanes) is 1. The molecule has 0 aromatic rings. The number of ether oxygens (including phenoxy) is 2. The van der Waals surface area contributed by atoms with Crippen molar-refractivity contribution in [1.29, 1.82) is 0 Å². The molecule has 0 saturated heterocycles. The standard InChI is InChI=1S/C15H24O4/c1-4-7-15(8-5-6-9-18-12(2)16)10-14(15)11-19-13(3)17/h4,14H,1,5-11H2,2-3H3/t14-,15-/m0/s1. The Morgan fingerprint density at radius 2 is 1.95 bits per heavy atom. The van der Waals surface area contributed by atoms with Crippen LogP contribution in [-0.2, 0) is 19.1 Å². The minimum absolute atomic E-state index is 0.214. The highest BCUT2D eigenvalue weighted by molar-refractivity contribution is 5.66. The van der Waals surface area contributed by atoms with Gasteiger partial charge in [0.1, 0.15) is 0 Å². The molecule has 0 aromatic carbocycles. The molecule has 0 N–H and O–H groups in total. The lowest BCUT2D eigenvalue weighted by Gasteiger charge is -2.15. The molecule has 0 spiro atoms. The van der Waals surface area contributed by atoms with Crippen molar-refractivity contribution in [3.8, 4) is 0 Å². The smallest absolute Gasteiger partial charge is 0.302 e. The molecule has 1 rings (SSSR count). The highest BCUT2D eigenvalue weighted by atomic mass is 16.5. The molecular formula is C15H24O4. The summed E-state index contributed by atoms with van der Waals surface area (Å²) in [5.74, 6) is 0.0253. The fraction of sp³-hybridized carbons (Fsp3) is 0.733. The number of esters is 2. The topological polar surface area (TPSA) is 52.6 Å². The molecule has 0 bridgehead atoms. The largest absolute Gasteiger partial charge is 0.466 e. The fourth-order valence-corrected chi connectivity index (χ4v) is 2.63. The van der Waals surface area contributed by atoms with Crippen LogP contribution >= 0.6 is 0 Å². The number of rotatable bonds is 9. The maximum atomic E-state index is 10.8. The zero-order valence-corrected chi connectivity index (χ0v) is 11.9. The van der Waals surface area contributed by atoms with Gasteiger partial charge >= 0.3 is 11.9 Å². The number of hydrogen-bond acceptors (Lipinski definition) is 4. The van der Waals surface area contributed by atoms with Crippen molar-refractivity contribution in [2.24, 2.45) is 11.3 Å². The van der Waals surface area contributed by atoms with E-state index in [1.165, 1.54) is 13.8 Å². The number of carbonyl (C=O) groups excluding carboxylic acids is 2. The summed E-state index contributed by atoms with van der Waals surface area (Å²) in [5.41, 5.74) is 0.257. The second kappa shape index (κ2) is 7.31. The van der Waals surface area contributed by atoms with Crippen LogP contribution in [0.1, 0.15) is 46.0 Å². The zero-order chi connectivity index (χ0) is 14.3. The minimum Gasteiger partial charge on any atom is -0.466 e. The Balaban J connectivity index is 2.24. The third-order valence-corrected chi connectivity index (χ3v) is 3.77. The third kappa shape index (κ3) is 5.45. The summed E-state index contributed by atoms with van der Waals surface area (Å²) in [4.78, 5) is 21.5. The van der Waals surface area contributed by atoms with Crippen molar-refractivity contribution in [3.05, 3.63) is 12.7 Å². The SMILES string of the molecule is C=CC[C@]1(CCCCOC(C)=O)C[C@H]1COC(C)=O. The Morgan fingerprint density at radius 3 is 2.53 bits per heavy atom. The van der Waals surface area contributed by atoms with Crippen LogP contribution in [0.3, 0.4) is 0 Å². The molecule has 0 amide bonds. The van der Waals surface area contributed by atoms with Crippen LogP contribution in [0.2, 0.25) is 0 Å². The minimum atomic E-state index is -0.222. The number of carbonyl (C=O) groups is 2. The highest BCUT2D eigenvalue weighted by Crippen LogP contribution is 2.58. The average Bonchev–Trinajstić information content (AvgIpc) is 3.00.